The van der Waals surface area contributed by atoms with Crippen LogP contribution in [0.25, 0.3) is 0 Å². The highest BCUT2D eigenvalue weighted by Gasteiger charge is 2.01. The predicted molar refractivity (Wildman–Crippen MR) is 77.4 cm³/mol. The molecule has 6 heteroatoms. The SMILES string of the molecule is CCn1ccc(CNC(=S)Nc2cccc(F)c2)n1. The summed E-state index contributed by atoms with van der Waals surface area (Å²) in [5, 5.41) is 10.7. The number of rotatable bonds is 4. The maximum Gasteiger partial charge on any atom is 0.171 e. The van der Waals surface area contributed by atoms with Crippen LogP contribution in [0.1, 0.15) is 12.6 Å². The summed E-state index contributed by atoms with van der Waals surface area (Å²) in [4.78, 5) is 0. The van der Waals surface area contributed by atoms with Crippen molar-refractivity contribution in [2.45, 2.75) is 20.0 Å². The Morgan fingerprint density at radius 2 is 2.26 bits per heavy atom. The number of nitrogens with one attached hydrogen (secondary N) is 2. The Hall–Kier alpha value is -1.95. The molecule has 0 saturated carbocycles. The average molecular weight is 278 g/mol. The number of halogens is 1. The fourth-order valence-electron chi connectivity index (χ4n) is 1.59. The van der Waals surface area contributed by atoms with E-state index in [2.05, 4.69) is 15.7 Å². The number of hydrogen-bond donors (Lipinski definition) is 2. The van der Waals surface area contributed by atoms with Gasteiger partial charge in [0.2, 0.25) is 0 Å². The molecule has 100 valence electrons. The van der Waals surface area contributed by atoms with Crippen LogP contribution in [0.4, 0.5) is 10.1 Å². The molecule has 0 fully saturated rings. The first-order valence-electron chi connectivity index (χ1n) is 6.00. The Morgan fingerprint density at radius 3 is 2.95 bits per heavy atom. The summed E-state index contributed by atoms with van der Waals surface area (Å²) in [6.45, 7) is 3.40. The minimum Gasteiger partial charge on any atom is -0.357 e. The molecule has 0 amide bonds. The van der Waals surface area contributed by atoms with Gasteiger partial charge in [0, 0.05) is 18.4 Å². The summed E-state index contributed by atoms with van der Waals surface area (Å²) >= 11 is 5.13. The van der Waals surface area contributed by atoms with Crippen molar-refractivity contribution in [1.82, 2.24) is 15.1 Å². The van der Waals surface area contributed by atoms with Crippen molar-refractivity contribution in [2.24, 2.45) is 0 Å². The number of aryl methyl sites for hydroxylation is 1. The van der Waals surface area contributed by atoms with Gasteiger partial charge in [-0.1, -0.05) is 6.07 Å². The Balaban J connectivity index is 1.84. The highest BCUT2D eigenvalue weighted by molar-refractivity contribution is 7.80. The van der Waals surface area contributed by atoms with Crippen molar-refractivity contribution in [3.63, 3.8) is 0 Å². The zero-order chi connectivity index (χ0) is 13.7. The second kappa shape index (κ2) is 6.29. The molecule has 2 N–H and O–H groups in total. The number of nitrogens with zero attached hydrogens (tertiary/aromatic N) is 2. The van der Waals surface area contributed by atoms with Crippen molar-refractivity contribution >= 4 is 23.0 Å². The van der Waals surface area contributed by atoms with Crippen molar-refractivity contribution in [3.8, 4) is 0 Å². The Morgan fingerprint density at radius 1 is 1.42 bits per heavy atom. The Bertz CT molecular complexity index is 567. The smallest absolute Gasteiger partial charge is 0.171 e. The van der Waals surface area contributed by atoms with E-state index in [9.17, 15) is 4.39 Å². The standard InChI is InChI=1S/C13H15FN4S/c1-2-18-7-6-12(17-18)9-15-13(19)16-11-5-3-4-10(14)8-11/h3-8H,2,9H2,1H3,(H2,15,16,19). The fraction of sp³-hybridized carbons (Fsp3) is 0.231. The highest BCUT2D eigenvalue weighted by atomic mass is 32.1. The number of thiocarbonyl (C=S) groups is 1. The van der Waals surface area contributed by atoms with Gasteiger partial charge >= 0.3 is 0 Å². The second-order valence-electron chi connectivity index (χ2n) is 3.98. The van der Waals surface area contributed by atoms with E-state index in [-0.39, 0.29) is 5.82 Å². The lowest BCUT2D eigenvalue weighted by molar-refractivity contribution is 0.628. The van der Waals surface area contributed by atoms with E-state index in [4.69, 9.17) is 12.2 Å². The fourth-order valence-corrected chi connectivity index (χ4v) is 1.78. The molecule has 0 unspecified atom stereocenters. The van der Waals surface area contributed by atoms with Crippen LogP contribution >= 0.6 is 12.2 Å². The molecule has 1 aromatic heterocycles. The number of aromatic nitrogens is 2. The number of anilines is 1. The maximum atomic E-state index is 13.0. The quantitative estimate of drug-likeness (QED) is 0.843. The van der Waals surface area contributed by atoms with Crippen LogP contribution in [-0.4, -0.2) is 14.9 Å². The van der Waals surface area contributed by atoms with Gasteiger partial charge in [-0.2, -0.15) is 5.10 Å². The predicted octanol–water partition coefficient (Wildman–Crippen LogP) is 2.53. The number of hydrogen-bond acceptors (Lipinski definition) is 2. The summed E-state index contributed by atoms with van der Waals surface area (Å²) in [5.74, 6) is -0.297. The summed E-state index contributed by atoms with van der Waals surface area (Å²) < 4.78 is 14.8. The van der Waals surface area contributed by atoms with Crippen LogP contribution in [0.5, 0.6) is 0 Å². The minimum atomic E-state index is -0.297. The van der Waals surface area contributed by atoms with Gasteiger partial charge in [0.25, 0.3) is 0 Å². The minimum absolute atomic E-state index is 0.297. The van der Waals surface area contributed by atoms with Crippen molar-refractivity contribution in [3.05, 3.63) is 48.0 Å². The lowest BCUT2D eigenvalue weighted by atomic mass is 10.3. The molecule has 2 rings (SSSR count). The zero-order valence-electron chi connectivity index (χ0n) is 10.6. The van der Waals surface area contributed by atoms with E-state index >= 15 is 0 Å². The molecule has 0 saturated heterocycles. The molecular formula is C13H15FN4S. The topological polar surface area (TPSA) is 41.9 Å². The molecule has 4 nitrogen and oxygen atoms in total. The Kier molecular flexibility index (Phi) is 4.46. The van der Waals surface area contributed by atoms with E-state index in [0.29, 0.717) is 17.3 Å². The van der Waals surface area contributed by atoms with Gasteiger partial charge in [-0.15, -0.1) is 0 Å². The first-order chi connectivity index (χ1) is 9.17. The molecule has 0 radical (unpaired) electrons. The lowest BCUT2D eigenvalue weighted by Gasteiger charge is -2.09. The van der Waals surface area contributed by atoms with Gasteiger partial charge in [-0.25, -0.2) is 4.39 Å². The number of benzene rings is 1. The highest BCUT2D eigenvalue weighted by Crippen LogP contribution is 2.08. The first-order valence-corrected chi connectivity index (χ1v) is 6.41. The third-order valence-corrected chi connectivity index (χ3v) is 2.78. The van der Waals surface area contributed by atoms with Crippen molar-refractivity contribution < 1.29 is 4.39 Å². The van der Waals surface area contributed by atoms with E-state index in [1.165, 1.54) is 12.1 Å². The summed E-state index contributed by atoms with van der Waals surface area (Å²) in [7, 11) is 0. The normalized spacial score (nSPS) is 10.2. The van der Waals surface area contributed by atoms with E-state index < -0.39 is 0 Å². The maximum absolute atomic E-state index is 13.0. The molecule has 1 heterocycles. The first kappa shape index (κ1) is 13.5. The van der Waals surface area contributed by atoms with Gasteiger partial charge < -0.3 is 10.6 Å². The molecule has 0 aliphatic heterocycles. The Labute approximate surface area is 116 Å². The third-order valence-electron chi connectivity index (χ3n) is 2.53. The molecule has 0 aliphatic carbocycles. The summed E-state index contributed by atoms with van der Waals surface area (Å²) in [6.07, 6.45) is 1.92. The molecule has 1 aromatic carbocycles. The molecule has 0 atom stereocenters. The molecule has 0 bridgehead atoms. The summed E-state index contributed by atoms with van der Waals surface area (Å²) in [5.41, 5.74) is 1.53. The van der Waals surface area contributed by atoms with Gasteiger partial charge in [0.1, 0.15) is 5.82 Å². The van der Waals surface area contributed by atoms with Crippen LogP contribution in [-0.2, 0) is 13.1 Å². The monoisotopic (exact) mass is 278 g/mol. The summed E-state index contributed by atoms with van der Waals surface area (Å²) in [6, 6.07) is 8.09. The molecule has 2 aromatic rings. The molecule has 19 heavy (non-hydrogen) atoms. The van der Waals surface area contributed by atoms with E-state index in [1.807, 2.05) is 23.9 Å². The van der Waals surface area contributed by atoms with Crippen molar-refractivity contribution in [1.29, 1.82) is 0 Å². The van der Waals surface area contributed by atoms with Gasteiger partial charge in [0.05, 0.1) is 12.2 Å². The molecule has 0 aliphatic rings. The largest absolute Gasteiger partial charge is 0.357 e. The molecule has 0 spiro atoms. The van der Waals surface area contributed by atoms with Crippen LogP contribution in [0.3, 0.4) is 0 Å². The zero-order valence-corrected chi connectivity index (χ0v) is 11.4. The van der Waals surface area contributed by atoms with Gasteiger partial charge in [0.15, 0.2) is 5.11 Å². The lowest BCUT2D eigenvalue weighted by Crippen LogP contribution is -2.28. The van der Waals surface area contributed by atoms with E-state index in [1.54, 1.807) is 12.1 Å². The van der Waals surface area contributed by atoms with Gasteiger partial charge in [-0.05, 0) is 43.4 Å². The van der Waals surface area contributed by atoms with Crippen molar-refractivity contribution in [2.75, 3.05) is 5.32 Å². The molecular weight excluding hydrogens is 263 g/mol. The van der Waals surface area contributed by atoms with Crippen LogP contribution < -0.4 is 10.6 Å². The second-order valence-corrected chi connectivity index (χ2v) is 4.39. The third kappa shape index (κ3) is 4.03. The van der Waals surface area contributed by atoms with Crippen LogP contribution in [0.15, 0.2) is 36.5 Å². The van der Waals surface area contributed by atoms with Gasteiger partial charge in [-0.3, -0.25) is 4.68 Å². The average Bonchev–Trinajstić information content (AvgIpc) is 2.84. The van der Waals surface area contributed by atoms with Crippen LogP contribution in [0, 0.1) is 5.82 Å². The van der Waals surface area contributed by atoms with E-state index in [0.717, 1.165) is 12.2 Å². The van der Waals surface area contributed by atoms with Crippen LogP contribution in [0.2, 0.25) is 0 Å².